The first kappa shape index (κ1) is 17.4. The zero-order chi connectivity index (χ0) is 17.0. The maximum Gasteiger partial charge on any atom is 0.577 e. The fourth-order valence-electron chi connectivity index (χ4n) is 1.03. The minimum Gasteiger partial charge on any atom is -0.391 e. The van der Waals surface area contributed by atoms with Gasteiger partial charge in [0, 0.05) is 0 Å². The Bertz CT molecular complexity index is 503. The lowest BCUT2D eigenvalue weighted by atomic mass is 10.3. The highest BCUT2D eigenvalue weighted by molar-refractivity contribution is 5.69. The highest BCUT2D eigenvalue weighted by Crippen LogP contribution is 2.29. The monoisotopic (exact) mass is 334 g/mol. The number of para-hydroxylation sites is 2. The smallest absolute Gasteiger partial charge is 0.391 e. The molecule has 0 N–H and O–H groups in total. The number of rotatable bonds is 2. The molecule has 6 nitrogen and oxygen atoms in total. The van der Waals surface area contributed by atoms with E-state index in [1.807, 2.05) is 0 Å². The third-order valence-corrected chi connectivity index (χ3v) is 1.63. The van der Waals surface area contributed by atoms with Crippen LogP contribution in [0.2, 0.25) is 0 Å². The van der Waals surface area contributed by atoms with Gasteiger partial charge in [-0.1, -0.05) is 12.1 Å². The molecule has 1 aromatic rings. The van der Waals surface area contributed by atoms with E-state index in [4.69, 9.17) is 0 Å². The maximum absolute atomic E-state index is 11.8. The van der Waals surface area contributed by atoms with Gasteiger partial charge in [0.2, 0.25) is 0 Å². The standard InChI is InChI=1S/C10H4F6O6/c11-9(12,13)21-7(17)19-5-3-1-2-4-6(5)20-8(18)22-10(14,15)16/h1-4H. The van der Waals surface area contributed by atoms with Crippen molar-refractivity contribution in [1.82, 2.24) is 0 Å². The third-order valence-electron chi connectivity index (χ3n) is 1.63. The molecule has 0 unspecified atom stereocenters. The van der Waals surface area contributed by atoms with Gasteiger partial charge < -0.3 is 18.9 Å². The summed E-state index contributed by atoms with van der Waals surface area (Å²) in [6.45, 7) is 0. The van der Waals surface area contributed by atoms with Gasteiger partial charge in [0.05, 0.1) is 0 Å². The highest BCUT2D eigenvalue weighted by Gasteiger charge is 2.37. The Morgan fingerprint density at radius 1 is 0.727 bits per heavy atom. The van der Waals surface area contributed by atoms with Gasteiger partial charge in [-0.05, 0) is 12.1 Å². The first-order valence-corrected chi connectivity index (χ1v) is 5.00. The van der Waals surface area contributed by atoms with Crippen molar-refractivity contribution < 1.29 is 54.9 Å². The number of carbonyl (C=O) groups excluding carboxylic acids is 2. The molecule has 22 heavy (non-hydrogen) atoms. The Kier molecular flexibility index (Phi) is 5.06. The van der Waals surface area contributed by atoms with Crippen molar-refractivity contribution >= 4 is 12.3 Å². The predicted octanol–water partition coefficient (Wildman–Crippen LogP) is 3.76. The number of alkyl halides is 6. The predicted molar refractivity (Wildman–Crippen MR) is 52.8 cm³/mol. The first-order valence-electron chi connectivity index (χ1n) is 5.00. The summed E-state index contributed by atoms with van der Waals surface area (Å²) in [4.78, 5) is 21.6. The van der Waals surface area contributed by atoms with E-state index in [1.54, 1.807) is 0 Å². The average molecular weight is 334 g/mol. The van der Waals surface area contributed by atoms with Crippen molar-refractivity contribution in [3.63, 3.8) is 0 Å². The Morgan fingerprint density at radius 2 is 1.05 bits per heavy atom. The molecule has 0 aliphatic heterocycles. The van der Waals surface area contributed by atoms with E-state index in [-0.39, 0.29) is 0 Å². The van der Waals surface area contributed by atoms with Gasteiger partial charge in [-0.3, -0.25) is 0 Å². The lowest BCUT2D eigenvalue weighted by Gasteiger charge is -2.11. The van der Waals surface area contributed by atoms with E-state index in [0.717, 1.165) is 24.3 Å². The van der Waals surface area contributed by atoms with E-state index in [2.05, 4.69) is 18.9 Å². The third kappa shape index (κ3) is 6.67. The van der Waals surface area contributed by atoms with Crippen LogP contribution in [0.4, 0.5) is 35.9 Å². The molecule has 0 aliphatic rings. The first-order chi connectivity index (χ1) is 9.96. The van der Waals surface area contributed by atoms with Gasteiger partial charge in [-0.15, -0.1) is 26.3 Å². The summed E-state index contributed by atoms with van der Waals surface area (Å²) in [5.74, 6) is -1.59. The highest BCUT2D eigenvalue weighted by atomic mass is 19.4. The van der Waals surface area contributed by atoms with E-state index < -0.39 is 36.5 Å². The van der Waals surface area contributed by atoms with Crippen LogP contribution in [0.15, 0.2) is 24.3 Å². The molecular formula is C10H4F6O6. The van der Waals surface area contributed by atoms with Crippen LogP contribution in [0, 0.1) is 0 Å². The van der Waals surface area contributed by atoms with Gasteiger partial charge in [-0.2, -0.15) is 0 Å². The molecule has 0 fully saturated rings. The van der Waals surface area contributed by atoms with E-state index >= 15 is 0 Å². The number of ether oxygens (including phenoxy) is 4. The second-order valence-electron chi connectivity index (χ2n) is 3.25. The molecule has 1 aromatic carbocycles. The summed E-state index contributed by atoms with van der Waals surface area (Å²) < 4.78 is 84.4. The zero-order valence-corrected chi connectivity index (χ0v) is 10.0. The number of carbonyl (C=O) groups is 2. The van der Waals surface area contributed by atoms with Crippen molar-refractivity contribution in [1.29, 1.82) is 0 Å². The van der Waals surface area contributed by atoms with Crippen LogP contribution in [0.1, 0.15) is 0 Å². The molecule has 122 valence electrons. The molecule has 12 heteroatoms. The van der Waals surface area contributed by atoms with Crippen molar-refractivity contribution in [2.24, 2.45) is 0 Å². The van der Waals surface area contributed by atoms with Crippen LogP contribution in [-0.2, 0) is 9.47 Å². The molecule has 0 radical (unpaired) electrons. The second kappa shape index (κ2) is 6.41. The number of hydrogen-bond donors (Lipinski definition) is 0. The minimum atomic E-state index is -5.33. The van der Waals surface area contributed by atoms with Gasteiger partial charge in [0.15, 0.2) is 11.5 Å². The van der Waals surface area contributed by atoms with E-state index in [1.165, 1.54) is 0 Å². The number of halogens is 6. The quantitative estimate of drug-likeness (QED) is 0.466. The Morgan fingerprint density at radius 3 is 1.32 bits per heavy atom. The fourth-order valence-corrected chi connectivity index (χ4v) is 1.03. The molecule has 0 saturated heterocycles. The normalized spacial score (nSPS) is 11.5. The lowest BCUT2D eigenvalue weighted by molar-refractivity contribution is -0.298. The Labute approximate surface area is 117 Å². The molecule has 0 aromatic heterocycles. The second-order valence-corrected chi connectivity index (χ2v) is 3.25. The summed E-state index contributed by atoms with van der Waals surface area (Å²) in [6, 6.07) is 3.96. The van der Waals surface area contributed by atoms with E-state index in [9.17, 15) is 35.9 Å². The van der Waals surface area contributed by atoms with Gasteiger partial charge in [0.1, 0.15) is 0 Å². The summed E-state index contributed by atoms with van der Waals surface area (Å²) >= 11 is 0. The number of hydrogen-bond acceptors (Lipinski definition) is 6. The summed E-state index contributed by atoms with van der Waals surface area (Å²) in [5, 5.41) is 0. The molecule has 0 bridgehead atoms. The largest absolute Gasteiger partial charge is 0.577 e. The van der Waals surface area contributed by atoms with Crippen LogP contribution in [-0.4, -0.2) is 25.0 Å². The van der Waals surface area contributed by atoms with Gasteiger partial charge >= 0.3 is 25.0 Å². The van der Waals surface area contributed by atoms with Gasteiger partial charge in [0.25, 0.3) is 0 Å². The zero-order valence-electron chi connectivity index (χ0n) is 10.0. The van der Waals surface area contributed by atoms with Crippen LogP contribution in [0.5, 0.6) is 11.5 Å². The lowest BCUT2D eigenvalue weighted by Crippen LogP contribution is -2.24. The average Bonchev–Trinajstić information content (AvgIpc) is 2.26. The molecule has 0 aliphatic carbocycles. The number of benzene rings is 1. The van der Waals surface area contributed by atoms with E-state index in [0.29, 0.717) is 0 Å². The SMILES string of the molecule is O=C(Oc1ccccc1OC(=O)OC(F)(F)F)OC(F)(F)F. The molecule has 0 spiro atoms. The minimum absolute atomic E-state index is 0.795. The fraction of sp³-hybridized carbons (Fsp3) is 0.200. The molecule has 0 atom stereocenters. The topological polar surface area (TPSA) is 71.1 Å². The molecule has 1 rings (SSSR count). The summed E-state index contributed by atoms with van der Waals surface area (Å²) in [5.41, 5.74) is 0. The van der Waals surface area contributed by atoms with Crippen molar-refractivity contribution in [2.45, 2.75) is 12.7 Å². The molecule has 0 saturated carbocycles. The van der Waals surface area contributed by atoms with Crippen LogP contribution < -0.4 is 9.47 Å². The van der Waals surface area contributed by atoms with Crippen molar-refractivity contribution in [3.8, 4) is 11.5 Å². The Balaban J connectivity index is 2.78. The molecule has 0 heterocycles. The van der Waals surface area contributed by atoms with Crippen molar-refractivity contribution in [2.75, 3.05) is 0 Å². The molecule has 0 amide bonds. The van der Waals surface area contributed by atoms with Crippen LogP contribution in [0.25, 0.3) is 0 Å². The maximum atomic E-state index is 11.8. The van der Waals surface area contributed by atoms with Crippen molar-refractivity contribution in [3.05, 3.63) is 24.3 Å². The summed E-state index contributed by atoms with van der Waals surface area (Å²) in [6.07, 6.45) is -15.1. The van der Waals surface area contributed by atoms with Gasteiger partial charge in [-0.25, -0.2) is 9.59 Å². The van der Waals surface area contributed by atoms with Crippen LogP contribution in [0.3, 0.4) is 0 Å². The summed E-state index contributed by atoms with van der Waals surface area (Å²) in [7, 11) is 0. The molecular weight excluding hydrogens is 330 g/mol. The van der Waals surface area contributed by atoms with Crippen LogP contribution >= 0.6 is 0 Å². The Hall–Kier alpha value is -2.66.